The number of amides is 1. The van der Waals surface area contributed by atoms with Gasteiger partial charge in [0.25, 0.3) is 0 Å². The molecule has 0 saturated heterocycles. The van der Waals surface area contributed by atoms with Crippen LogP contribution in [0.25, 0.3) is 0 Å². The second-order valence-corrected chi connectivity index (χ2v) is 5.61. The van der Waals surface area contributed by atoms with Crippen LogP contribution in [0.5, 0.6) is 11.5 Å². The van der Waals surface area contributed by atoms with Gasteiger partial charge < -0.3 is 19.5 Å². The van der Waals surface area contributed by atoms with Gasteiger partial charge in [0.2, 0.25) is 5.91 Å². The van der Waals surface area contributed by atoms with Crippen molar-refractivity contribution in [3.63, 3.8) is 0 Å². The van der Waals surface area contributed by atoms with Crippen LogP contribution in [0.1, 0.15) is 37.8 Å². The monoisotopic (exact) mass is 307 g/mol. The molecular weight excluding hydrogens is 282 g/mol. The molecule has 122 valence electrons. The second-order valence-electron chi connectivity index (χ2n) is 5.61. The van der Waals surface area contributed by atoms with Gasteiger partial charge in [-0.2, -0.15) is 0 Å². The predicted octanol–water partition coefficient (Wildman–Crippen LogP) is 2.70. The molecule has 1 aromatic carbocycles. The number of rotatable bonds is 8. The molecule has 5 heteroatoms. The van der Waals surface area contributed by atoms with Crippen molar-refractivity contribution in [2.24, 2.45) is 5.92 Å². The number of nitrogens with one attached hydrogen (secondary N) is 1. The largest absolute Gasteiger partial charge is 0.493 e. The zero-order chi connectivity index (χ0) is 15.9. The predicted molar refractivity (Wildman–Crippen MR) is 84.3 cm³/mol. The maximum Gasteiger partial charge on any atom is 0.223 e. The fraction of sp³-hybridized carbons (Fsp3) is 0.588. The molecule has 0 aromatic heterocycles. The second kappa shape index (κ2) is 8.03. The zero-order valence-corrected chi connectivity index (χ0v) is 13.6. The van der Waals surface area contributed by atoms with Crippen LogP contribution in [-0.4, -0.2) is 33.3 Å². The Labute approximate surface area is 131 Å². The maximum atomic E-state index is 12.0. The van der Waals surface area contributed by atoms with E-state index in [9.17, 15) is 4.79 Å². The summed E-state index contributed by atoms with van der Waals surface area (Å²) >= 11 is 0. The lowest BCUT2D eigenvalue weighted by molar-refractivity contribution is -0.128. The Bertz CT molecular complexity index is 499. The number of methoxy groups -OCH3 is 2. The summed E-state index contributed by atoms with van der Waals surface area (Å²) in [4.78, 5) is 12.0. The minimum atomic E-state index is -0.0463. The van der Waals surface area contributed by atoms with E-state index >= 15 is 0 Å². The normalized spacial score (nSPS) is 15.8. The van der Waals surface area contributed by atoms with Gasteiger partial charge in [0.05, 0.1) is 19.8 Å². The number of carbonyl (C=O) groups excluding carboxylic acids is 1. The zero-order valence-electron chi connectivity index (χ0n) is 13.6. The van der Waals surface area contributed by atoms with E-state index in [1.54, 1.807) is 14.2 Å². The summed E-state index contributed by atoms with van der Waals surface area (Å²) in [6, 6.07) is 5.69. The highest BCUT2D eigenvalue weighted by Crippen LogP contribution is 2.31. The summed E-state index contributed by atoms with van der Waals surface area (Å²) in [6.45, 7) is 2.98. The smallest absolute Gasteiger partial charge is 0.223 e. The van der Waals surface area contributed by atoms with Crippen molar-refractivity contribution in [1.82, 2.24) is 5.32 Å². The summed E-state index contributed by atoms with van der Waals surface area (Å²) in [5.74, 6) is 1.69. The Morgan fingerprint density at radius 2 is 2.05 bits per heavy atom. The molecule has 0 heterocycles. The average molecular weight is 307 g/mol. The molecule has 1 amide bonds. The van der Waals surface area contributed by atoms with Crippen molar-refractivity contribution in [2.45, 2.75) is 32.2 Å². The summed E-state index contributed by atoms with van der Waals surface area (Å²) in [5, 5.41) is 3.07. The lowest BCUT2D eigenvalue weighted by atomic mass is 9.84. The molecule has 1 aliphatic rings. The van der Waals surface area contributed by atoms with E-state index in [0.29, 0.717) is 24.7 Å². The van der Waals surface area contributed by atoms with E-state index in [4.69, 9.17) is 14.2 Å². The van der Waals surface area contributed by atoms with Gasteiger partial charge >= 0.3 is 0 Å². The molecule has 0 aliphatic heterocycles. The molecule has 1 saturated carbocycles. The first-order valence-corrected chi connectivity index (χ1v) is 7.75. The Hall–Kier alpha value is -1.75. The van der Waals surface area contributed by atoms with Gasteiger partial charge in [-0.25, -0.2) is 0 Å². The van der Waals surface area contributed by atoms with E-state index in [1.807, 2.05) is 25.1 Å². The highest BCUT2D eigenvalue weighted by molar-refractivity contribution is 5.79. The first-order chi connectivity index (χ1) is 10.7. The van der Waals surface area contributed by atoms with Gasteiger partial charge in [-0.3, -0.25) is 4.79 Å². The third kappa shape index (κ3) is 4.13. The molecule has 1 N–H and O–H groups in total. The van der Waals surface area contributed by atoms with Gasteiger partial charge in [0.15, 0.2) is 11.5 Å². The highest BCUT2D eigenvalue weighted by atomic mass is 16.5. The van der Waals surface area contributed by atoms with Crippen LogP contribution in [0, 0.1) is 5.92 Å². The van der Waals surface area contributed by atoms with Crippen LogP contribution in [0.2, 0.25) is 0 Å². The quantitative estimate of drug-likeness (QED) is 0.750. The first kappa shape index (κ1) is 16.6. The number of hydrogen-bond donors (Lipinski definition) is 1. The summed E-state index contributed by atoms with van der Waals surface area (Å²) in [6.07, 6.45) is 3.18. The topological polar surface area (TPSA) is 56.8 Å². The van der Waals surface area contributed by atoms with E-state index in [2.05, 4.69) is 5.32 Å². The van der Waals surface area contributed by atoms with Gasteiger partial charge in [-0.05, 0) is 37.5 Å². The van der Waals surface area contributed by atoms with Gasteiger partial charge in [-0.15, -0.1) is 0 Å². The van der Waals surface area contributed by atoms with Gasteiger partial charge in [0.1, 0.15) is 6.61 Å². The minimum Gasteiger partial charge on any atom is -0.493 e. The Morgan fingerprint density at radius 1 is 1.27 bits per heavy atom. The van der Waals surface area contributed by atoms with E-state index < -0.39 is 0 Å². The van der Waals surface area contributed by atoms with Crippen LogP contribution in [0.3, 0.4) is 0 Å². The SMILES string of the molecule is COCCOc1ccc(C(C)NC(=O)C2CCC2)cc1OC. The van der Waals surface area contributed by atoms with Crippen LogP contribution < -0.4 is 14.8 Å². The van der Waals surface area contributed by atoms with E-state index in [-0.39, 0.29) is 17.9 Å². The van der Waals surface area contributed by atoms with E-state index in [1.165, 1.54) is 0 Å². The van der Waals surface area contributed by atoms with Crippen molar-refractivity contribution in [2.75, 3.05) is 27.4 Å². The molecule has 2 rings (SSSR count). The van der Waals surface area contributed by atoms with Crippen LogP contribution in [0.4, 0.5) is 0 Å². The molecule has 0 radical (unpaired) electrons. The Kier molecular flexibility index (Phi) is 6.07. The standard InChI is InChI=1S/C17H25NO4/c1-12(18-17(19)13-5-4-6-13)14-7-8-15(16(11-14)21-3)22-10-9-20-2/h7-8,11-13H,4-6,9-10H2,1-3H3,(H,18,19). The summed E-state index contributed by atoms with van der Waals surface area (Å²) in [5.41, 5.74) is 1.00. The molecule has 0 bridgehead atoms. The lowest BCUT2D eigenvalue weighted by Crippen LogP contribution is -2.35. The third-order valence-electron chi connectivity index (χ3n) is 4.07. The number of benzene rings is 1. The minimum absolute atomic E-state index is 0.0463. The molecule has 1 unspecified atom stereocenters. The molecule has 1 atom stereocenters. The molecule has 22 heavy (non-hydrogen) atoms. The molecule has 1 aromatic rings. The Morgan fingerprint density at radius 3 is 2.64 bits per heavy atom. The van der Waals surface area contributed by atoms with Gasteiger partial charge in [-0.1, -0.05) is 12.5 Å². The maximum absolute atomic E-state index is 12.0. The summed E-state index contributed by atoms with van der Waals surface area (Å²) < 4.78 is 16.0. The van der Waals surface area contributed by atoms with Crippen molar-refractivity contribution in [3.05, 3.63) is 23.8 Å². The molecular formula is C17H25NO4. The van der Waals surface area contributed by atoms with Crippen molar-refractivity contribution >= 4 is 5.91 Å². The van der Waals surface area contributed by atoms with E-state index in [0.717, 1.165) is 24.8 Å². The fourth-order valence-electron chi connectivity index (χ4n) is 2.39. The first-order valence-electron chi connectivity index (χ1n) is 7.75. The highest BCUT2D eigenvalue weighted by Gasteiger charge is 2.26. The summed E-state index contributed by atoms with van der Waals surface area (Å²) in [7, 11) is 3.25. The van der Waals surface area contributed by atoms with Crippen LogP contribution in [-0.2, 0) is 9.53 Å². The molecule has 1 aliphatic carbocycles. The van der Waals surface area contributed by atoms with Gasteiger partial charge in [0, 0.05) is 13.0 Å². The van der Waals surface area contributed by atoms with Crippen LogP contribution >= 0.6 is 0 Å². The lowest BCUT2D eigenvalue weighted by Gasteiger charge is -2.26. The molecule has 1 fully saturated rings. The van der Waals surface area contributed by atoms with Crippen molar-refractivity contribution in [1.29, 1.82) is 0 Å². The number of ether oxygens (including phenoxy) is 3. The Balaban J connectivity index is 1.99. The third-order valence-corrected chi connectivity index (χ3v) is 4.07. The van der Waals surface area contributed by atoms with Crippen molar-refractivity contribution in [3.8, 4) is 11.5 Å². The fourth-order valence-corrected chi connectivity index (χ4v) is 2.39. The number of hydrogen-bond acceptors (Lipinski definition) is 4. The molecule has 5 nitrogen and oxygen atoms in total. The van der Waals surface area contributed by atoms with Crippen LogP contribution in [0.15, 0.2) is 18.2 Å². The average Bonchev–Trinajstić information content (AvgIpc) is 2.45. The number of carbonyl (C=O) groups is 1. The van der Waals surface area contributed by atoms with Crippen molar-refractivity contribution < 1.29 is 19.0 Å². The molecule has 0 spiro atoms.